The predicted octanol–water partition coefficient (Wildman–Crippen LogP) is 3.49. The van der Waals surface area contributed by atoms with Gasteiger partial charge < -0.3 is 5.11 Å². The largest absolute Gasteiger partial charge is 0.480 e. The smallest absolute Gasteiger partial charge is 0.316 e. The lowest BCUT2D eigenvalue weighted by atomic mass is 10.0. The minimum Gasteiger partial charge on any atom is -0.480 e. The van der Waals surface area contributed by atoms with E-state index in [9.17, 15) is 10.1 Å². The molecule has 1 unspecified atom stereocenters. The van der Waals surface area contributed by atoms with E-state index in [2.05, 4.69) is 11.1 Å². The quantitative estimate of drug-likeness (QED) is 0.874. The van der Waals surface area contributed by atoms with Crippen molar-refractivity contribution in [3.05, 3.63) is 47.7 Å². The second-order valence-corrected chi connectivity index (χ2v) is 5.90. The van der Waals surface area contributed by atoms with E-state index in [4.69, 9.17) is 5.11 Å². The number of nitriles is 1. The molecule has 106 valence electrons. The van der Waals surface area contributed by atoms with Crippen molar-refractivity contribution < 1.29 is 9.90 Å². The highest BCUT2D eigenvalue weighted by atomic mass is 32.2. The molecule has 0 radical (unpaired) electrons. The Kier molecular flexibility index (Phi) is 4.61. The van der Waals surface area contributed by atoms with Gasteiger partial charge in [-0.25, -0.2) is 4.98 Å². The molecule has 0 saturated heterocycles. The standard InChI is InChI=1S/C16H14N2O2S/c1-10-8-13(12-6-4-3-5-7-12)14(9-17)15(18-10)21-11(2)16(19)20/h3-8,11H,1-2H3,(H,19,20). The molecule has 21 heavy (non-hydrogen) atoms. The Hall–Kier alpha value is -2.32. The number of carboxylic acid groups (broad SMARTS) is 1. The third-order valence-electron chi connectivity index (χ3n) is 2.95. The fourth-order valence-corrected chi connectivity index (χ4v) is 2.81. The Morgan fingerprint density at radius 2 is 2.05 bits per heavy atom. The van der Waals surface area contributed by atoms with Gasteiger partial charge in [0, 0.05) is 11.3 Å². The van der Waals surface area contributed by atoms with Crippen LogP contribution in [0.4, 0.5) is 0 Å². The highest BCUT2D eigenvalue weighted by Crippen LogP contribution is 2.32. The van der Waals surface area contributed by atoms with Crippen molar-refractivity contribution in [1.82, 2.24) is 4.98 Å². The van der Waals surface area contributed by atoms with E-state index in [0.29, 0.717) is 10.6 Å². The lowest BCUT2D eigenvalue weighted by molar-refractivity contribution is -0.136. The van der Waals surface area contributed by atoms with Gasteiger partial charge in [-0.3, -0.25) is 4.79 Å². The Labute approximate surface area is 127 Å². The lowest BCUT2D eigenvalue weighted by Crippen LogP contribution is -2.12. The predicted molar refractivity (Wildman–Crippen MR) is 82.1 cm³/mol. The average molecular weight is 298 g/mol. The van der Waals surface area contributed by atoms with Crippen LogP contribution in [-0.4, -0.2) is 21.3 Å². The van der Waals surface area contributed by atoms with Crippen LogP contribution in [0.5, 0.6) is 0 Å². The number of thioether (sulfide) groups is 1. The van der Waals surface area contributed by atoms with Crippen molar-refractivity contribution in [1.29, 1.82) is 5.26 Å². The fourth-order valence-electron chi connectivity index (χ4n) is 1.90. The van der Waals surface area contributed by atoms with Gasteiger partial charge in [0.2, 0.25) is 0 Å². The molecular formula is C16H14N2O2S. The van der Waals surface area contributed by atoms with Crippen molar-refractivity contribution >= 4 is 17.7 Å². The van der Waals surface area contributed by atoms with Gasteiger partial charge in [0.15, 0.2) is 0 Å². The van der Waals surface area contributed by atoms with Crippen molar-refractivity contribution in [3.8, 4) is 17.2 Å². The van der Waals surface area contributed by atoms with Crippen LogP contribution < -0.4 is 0 Å². The molecule has 1 N–H and O–H groups in total. The zero-order chi connectivity index (χ0) is 15.4. The van der Waals surface area contributed by atoms with Gasteiger partial charge in [-0.15, -0.1) is 0 Å². The average Bonchev–Trinajstić information content (AvgIpc) is 2.47. The van der Waals surface area contributed by atoms with E-state index in [1.165, 1.54) is 0 Å². The summed E-state index contributed by atoms with van der Waals surface area (Å²) in [5.74, 6) is -0.923. The molecule has 1 aromatic heterocycles. The normalized spacial score (nSPS) is 11.7. The van der Waals surface area contributed by atoms with E-state index in [1.807, 2.05) is 43.3 Å². The van der Waals surface area contributed by atoms with Crippen LogP contribution in [0.1, 0.15) is 18.2 Å². The van der Waals surface area contributed by atoms with Gasteiger partial charge in [-0.2, -0.15) is 5.26 Å². The van der Waals surface area contributed by atoms with Gasteiger partial charge in [-0.1, -0.05) is 42.1 Å². The highest BCUT2D eigenvalue weighted by molar-refractivity contribution is 8.00. The van der Waals surface area contributed by atoms with E-state index in [1.54, 1.807) is 6.92 Å². The molecule has 0 aliphatic heterocycles. The first kappa shape index (κ1) is 15.1. The maximum Gasteiger partial charge on any atom is 0.316 e. The molecule has 1 heterocycles. The summed E-state index contributed by atoms with van der Waals surface area (Å²) < 4.78 is 0. The number of benzene rings is 1. The molecule has 0 spiro atoms. The summed E-state index contributed by atoms with van der Waals surface area (Å²) in [6.45, 7) is 3.42. The highest BCUT2D eigenvalue weighted by Gasteiger charge is 2.19. The number of carbonyl (C=O) groups is 1. The van der Waals surface area contributed by atoms with E-state index < -0.39 is 11.2 Å². The molecule has 2 rings (SSSR count). The molecule has 2 aromatic rings. The summed E-state index contributed by atoms with van der Waals surface area (Å²) in [5.41, 5.74) is 2.88. The van der Waals surface area contributed by atoms with Crippen LogP contribution in [0.15, 0.2) is 41.4 Å². The monoisotopic (exact) mass is 298 g/mol. The Balaban J connectivity index is 2.55. The molecule has 0 aliphatic rings. The number of nitrogens with zero attached hydrogens (tertiary/aromatic N) is 2. The van der Waals surface area contributed by atoms with Gasteiger partial charge in [0.05, 0.1) is 5.56 Å². The Bertz CT molecular complexity index is 708. The lowest BCUT2D eigenvalue weighted by Gasteiger charge is -2.12. The second kappa shape index (κ2) is 6.42. The van der Waals surface area contributed by atoms with Crippen LogP contribution in [0.3, 0.4) is 0 Å². The van der Waals surface area contributed by atoms with Crippen LogP contribution in [-0.2, 0) is 4.79 Å². The molecule has 0 bridgehead atoms. The summed E-state index contributed by atoms with van der Waals surface area (Å²) in [5, 5.41) is 18.3. The maximum atomic E-state index is 11.0. The summed E-state index contributed by atoms with van der Waals surface area (Å²) >= 11 is 1.09. The number of hydrogen-bond donors (Lipinski definition) is 1. The zero-order valence-corrected chi connectivity index (χ0v) is 12.5. The number of aliphatic carboxylic acids is 1. The van der Waals surface area contributed by atoms with Crippen molar-refractivity contribution in [3.63, 3.8) is 0 Å². The third-order valence-corrected chi connectivity index (χ3v) is 4.02. The SMILES string of the molecule is Cc1cc(-c2ccccc2)c(C#N)c(SC(C)C(=O)O)n1. The van der Waals surface area contributed by atoms with Gasteiger partial charge in [-0.05, 0) is 25.5 Å². The zero-order valence-electron chi connectivity index (χ0n) is 11.7. The first-order valence-electron chi connectivity index (χ1n) is 6.39. The fraction of sp³-hybridized carbons (Fsp3) is 0.188. The van der Waals surface area contributed by atoms with E-state index in [0.717, 1.165) is 28.6 Å². The van der Waals surface area contributed by atoms with Crippen molar-refractivity contribution in [2.24, 2.45) is 0 Å². The number of aryl methyl sites for hydroxylation is 1. The summed E-state index contributed by atoms with van der Waals surface area (Å²) in [6, 6.07) is 13.6. The third kappa shape index (κ3) is 3.41. The van der Waals surface area contributed by atoms with Crippen LogP contribution >= 0.6 is 11.8 Å². The van der Waals surface area contributed by atoms with Crippen molar-refractivity contribution in [2.45, 2.75) is 24.1 Å². The van der Waals surface area contributed by atoms with Gasteiger partial charge in [0.1, 0.15) is 16.3 Å². The van der Waals surface area contributed by atoms with Crippen LogP contribution in [0, 0.1) is 18.3 Å². The topological polar surface area (TPSA) is 74.0 Å². The number of rotatable bonds is 4. The first-order valence-corrected chi connectivity index (χ1v) is 7.27. The molecule has 1 aromatic carbocycles. The van der Waals surface area contributed by atoms with E-state index >= 15 is 0 Å². The van der Waals surface area contributed by atoms with E-state index in [-0.39, 0.29) is 0 Å². The number of pyridine rings is 1. The molecule has 0 saturated carbocycles. The minimum absolute atomic E-state index is 0.421. The summed E-state index contributed by atoms with van der Waals surface area (Å²) in [6.07, 6.45) is 0. The number of carboxylic acids is 1. The molecule has 4 nitrogen and oxygen atoms in total. The summed E-state index contributed by atoms with van der Waals surface area (Å²) in [4.78, 5) is 15.3. The summed E-state index contributed by atoms with van der Waals surface area (Å²) in [7, 11) is 0. The minimum atomic E-state index is -0.923. The molecule has 5 heteroatoms. The molecule has 0 aliphatic carbocycles. The van der Waals surface area contributed by atoms with Crippen LogP contribution in [0.25, 0.3) is 11.1 Å². The second-order valence-electron chi connectivity index (χ2n) is 4.57. The first-order chi connectivity index (χ1) is 10.0. The van der Waals surface area contributed by atoms with Crippen molar-refractivity contribution in [2.75, 3.05) is 0 Å². The van der Waals surface area contributed by atoms with Gasteiger partial charge >= 0.3 is 5.97 Å². The maximum absolute atomic E-state index is 11.0. The molecule has 0 amide bonds. The Morgan fingerprint density at radius 3 is 2.62 bits per heavy atom. The molecular weight excluding hydrogens is 284 g/mol. The van der Waals surface area contributed by atoms with Crippen LogP contribution in [0.2, 0.25) is 0 Å². The van der Waals surface area contributed by atoms with Gasteiger partial charge in [0.25, 0.3) is 0 Å². The Morgan fingerprint density at radius 1 is 1.38 bits per heavy atom. The molecule has 1 atom stereocenters. The number of aromatic nitrogens is 1. The molecule has 0 fully saturated rings. The number of hydrogen-bond acceptors (Lipinski definition) is 4.